The van der Waals surface area contributed by atoms with E-state index in [0.717, 1.165) is 22.0 Å². The van der Waals surface area contributed by atoms with Crippen molar-refractivity contribution in [2.45, 2.75) is 19.4 Å². The van der Waals surface area contributed by atoms with Gasteiger partial charge in [0.25, 0.3) is 11.7 Å². The number of nitrogens with zero attached hydrogens (tertiary/aromatic N) is 1. The van der Waals surface area contributed by atoms with Gasteiger partial charge in [-0.15, -0.1) is 0 Å². The molecule has 1 aromatic heterocycles. The first kappa shape index (κ1) is 21.6. The Hall–Kier alpha value is -4.19. The Bertz CT molecular complexity index is 1440. The summed E-state index contributed by atoms with van der Waals surface area (Å²) in [4.78, 5) is 30.8. The van der Waals surface area contributed by atoms with Crippen LogP contribution >= 0.6 is 0 Å². The van der Waals surface area contributed by atoms with Crippen LogP contribution in [-0.2, 0) is 16.0 Å². The molecule has 4 aromatic rings. The number of H-pyrrole nitrogens is 1. The molecule has 170 valence electrons. The number of halogens is 1. The summed E-state index contributed by atoms with van der Waals surface area (Å²) in [5, 5.41) is 12.1. The van der Waals surface area contributed by atoms with Crippen LogP contribution in [0.4, 0.5) is 4.39 Å². The quantitative estimate of drug-likeness (QED) is 0.245. The van der Waals surface area contributed by atoms with Gasteiger partial charge in [0.15, 0.2) is 0 Å². The third kappa shape index (κ3) is 3.67. The highest BCUT2D eigenvalue weighted by Crippen LogP contribution is 2.40. The van der Waals surface area contributed by atoms with Gasteiger partial charge in [-0.05, 0) is 31.0 Å². The number of aromatic nitrogens is 1. The van der Waals surface area contributed by atoms with E-state index in [2.05, 4.69) is 4.98 Å². The average Bonchev–Trinajstić information content (AvgIpc) is 3.37. The summed E-state index contributed by atoms with van der Waals surface area (Å²) in [6.45, 7) is 2.10. The van der Waals surface area contributed by atoms with Crippen molar-refractivity contribution in [1.29, 1.82) is 0 Å². The molecule has 2 N–H and O–H groups in total. The van der Waals surface area contributed by atoms with Crippen molar-refractivity contribution in [3.05, 3.63) is 113 Å². The molecule has 1 amide bonds. The molecule has 1 saturated heterocycles. The van der Waals surface area contributed by atoms with Gasteiger partial charge in [0.1, 0.15) is 11.6 Å². The number of aromatic amines is 1. The Morgan fingerprint density at radius 2 is 1.71 bits per heavy atom. The number of para-hydroxylation sites is 1. The van der Waals surface area contributed by atoms with Crippen LogP contribution in [0.15, 0.2) is 84.6 Å². The van der Waals surface area contributed by atoms with Crippen molar-refractivity contribution in [3.8, 4) is 0 Å². The molecule has 1 fully saturated rings. The molecule has 6 heteroatoms. The third-order valence-corrected chi connectivity index (χ3v) is 6.36. The van der Waals surface area contributed by atoms with Gasteiger partial charge in [0.2, 0.25) is 0 Å². The summed E-state index contributed by atoms with van der Waals surface area (Å²) >= 11 is 0. The lowest BCUT2D eigenvalue weighted by Crippen LogP contribution is -2.32. The number of Topliss-reactive ketones (excluding diaryl/α,β-unsaturated/α-hetero) is 1. The molecular weight excluding hydrogens is 431 g/mol. The van der Waals surface area contributed by atoms with Gasteiger partial charge in [-0.25, -0.2) is 4.39 Å². The second-order valence-corrected chi connectivity index (χ2v) is 8.49. The minimum Gasteiger partial charge on any atom is -0.507 e. The maximum atomic E-state index is 14.9. The van der Waals surface area contributed by atoms with E-state index in [1.165, 1.54) is 11.0 Å². The summed E-state index contributed by atoms with van der Waals surface area (Å²) in [7, 11) is 0. The number of amides is 1. The number of ketones is 1. The van der Waals surface area contributed by atoms with Crippen molar-refractivity contribution in [2.24, 2.45) is 0 Å². The molecule has 3 aromatic carbocycles. The Morgan fingerprint density at radius 3 is 2.47 bits per heavy atom. The number of aryl methyl sites for hydroxylation is 1. The van der Waals surface area contributed by atoms with E-state index >= 15 is 0 Å². The van der Waals surface area contributed by atoms with E-state index in [4.69, 9.17) is 0 Å². The number of likely N-dealkylation sites (tertiary alicyclic amines) is 1. The maximum absolute atomic E-state index is 14.9. The predicted molar refractivity (Wildman–Crippen MR) is 129 cm³/mol. The number of hydrogen-bond acceptors (Lipinski definition) is 3. The molecule has 0 spiro atoms. The molecular formula is C28H23FN2O3. The van der Waals surface area contributed by atoms with Crippen molar-refractivity contribution >= 4 is 28.4 Å². The number of nitrogens with one attached hydrogen (secondary N) is 1. The molecule has 1 aliphatic rings. The van der Waals surface area contributed by atoms with Crippen molar-refractivity contribution in [2.75, 3.05) is 6.54 Å². The first-order chi connectivity index (χ1) is 16.5. The molecule has 5 nitrogen and oxygen atoms in total. The number of benzene rings is 3. The second-order valence-electron chi connectivity index (χ2n) is 8.49. The lowest BCUT2D eigenvalue weighted by Gasteiger charge is -2.25. The molecule has 1 aliphatic heterocycles. The fourth-order valence-electron chi connectivity index (χ4n) is 4.58. The smallest absolute Gasteiger partial charge is 0.295 e. The van der Waals surface area contributed by atoms with Crippen LogP contribution in [0.1, 0.15) is 28.3 Å². The van der Waals surface area contributed by atoms with Gasteiger partial charge in [-0.1, -0.05) is 66.2 Å². The Kier molecular flexibility index (Phi) is 5.49. The maximum Gasteiger partial charge on any atom is 0.295 e. The molecule has 1 unspecified atom stereocenters. The fraction of sp³-hybridized carbons (Fsp3) is 0.143. The first-order valence-electron chi connectivity index (χ1n) is 11.1. The third-order valence-electron chi connectivity index (χ3n) is 6.36. The summed E-state index contributed by atoms with van der Waals surface area (Å²) < 4.78 is 14.9. The van der Waals surface area contributed by atoms with Crippen LogP contribution in [0.5, 0.6) is 0 Å². The van der Waals surface area contributed by atoms with Gasteiger partial charge in [-0.3, -0.25) is 9.59 Å². The van der Waals surface area contributed by atoms with Gasteiger partial charge in [0, 0.05) is 34.8 Å². The van der Waals surface area contributed by atoms with Crippen LogP contribution in [0.2, 0.25) is 0 Å². The molecule has 5 rings (SSSR count). The number of carbonyl (C=O) groups is 2. The zero-order chi connectivity index (χ0) is 23.8. The average molecular weight is 455 g/mol. The molecule has 1 atom stereocenters. The Labute approximate surface area is 196 Å². The standard InChI is InChI=1S/C28H23FN2O3/c1-17-10-12-18(13-11-17)26(32)24-25(21-7-2-4-8-22(21)29)31(28(34)27(24)33)15-14-19-16-30-23-9-5-3-6-20(19)23/h2-13,16,25,30,32H,14-15H2,1H3/b26-24-. The van der Waals surface area contributed by atoms with E-state index in [1.807, 2.05) is 37.4 Å². The van der Waals surface area contributed by atoms with E-state index in [1.54, 1.807) is 42.5 Å². The summed E-state index contributed by atoms with van der Waals surface area (Å²) in [5.74, 6) is -2.41. The first-order valence-corrected chi connectivity index (χ1v) is 11.1. The Balaban J connectivity index is 1.58. The SMILES string of the molecule is Cc1ccc(/C(O)=C2/C(=O)C(=O)N(CCc3c[nH]c4ccccc34)C2c2ccccc2F)cc1. The highest BCUT2D eigenvalue weighted by atomic mass is 19.1. The second kappa shape index (κ2) is 8.63. The van der Waals surface area contributed by atoms with Gasteiger partial charge >= 0.3 is 0 Å². The highest BCUT2D eigenvalue weighted by Gasteiger charge is 2.46. The van der Waals surface area contributed by atoms with E-state index in [9.17, 15) is 19.1 Å². The summed E-state index contributed by atoms with van der Waals surface area (Å²) in [5.41, 5.74) is 3.43. The van der Waals surface area contributed by atoms with Crippen LogP contribution in [0.25, 0.3) is 16.7 Å². The van der Waals surface area contributed by atoms with E-state index in [0.29, 0.717) is 12.0 Å². The molecule has 2 heterocycles. The largest absolute Gasteiger partial charge is 0.507 e. The van der Waals surface area contributed by atoms with Crippen molar-refractivity contribution < 1.29 is 19.1 Å². The summed E-state index contributed by atoms with van der Waals surface area (Å²) in [6, 6.07) is 19.8. The van der Waals surface area contributed by atoms with Crippen molar-refractivity contribution in [3.63, 3.8) is 0 Å². The zero-order valence-corrected chi connectivity index (χ0v) is 18.6. The monoisotopic (exact) mass is 454 g/mol. The minimum atomic E-state index is -1.02. The van der Waals surface area contributed by atoms with E-state index in [-0.39, 0.29) is 23.4 Å². The van der Waals surface area contributed by atoms with Crippen LogP contribution in [0, 0.1) is 12.7 Å². The normalized spacial score (nSPS) is 17.6. The molecule has 0 aliphatic carbocycles. The molecule has 0 saturated carbocycles. The van der Waals surface area contributed by atoms with E-state index < -0.39 is 23.5 Å². The number of hydrogen-bond donors (Lipinski definition) is 2. The number of fused-ring (bicyclic) bond motifs is 1. The predicted octanol–water partition coefficient (Wildman–Crippen LogP) is 5.28. The lowest BCUT2D eigenvalue weighted by molar-refractivity contribution is -0.139. The highest BCUT2D eigenvalue weighted by molar-refractivity contribution is 6.46. The summed E-state index contributed by atoms with van der Waals surface area (Å²) in [6.07, 6.45) is 2.35. The van der Waals surface area contributed by atoms with Crippen LogP contribution in [0.3, 0.4) is 0 Å². The van der Waals surface area contributed by atoms with Gasteiger partial charge < -0.3 is 15.0 Å². The Morgan fingerprint density at radius 1 is 1.00 bits per heavy atom. The lowest BCUT2D eigenvalue weighted by atomic mass is 9.94. The van der Waals surface area contributed by atoms with Crippen LogP contribution in [-0.4, -0.2) is 33.2 Å². The fourth-order valence-corrected chi connectivity index (χ4v) is 4.58. The van der Waals surface area contributed by atoms with Crippen LogP contribution < -0.4 is 0 Å². The zero-order valence-electron chi connectivity index (χ0n) is 18.6. The topological polar surface area (TPSA) is 73.4 Å². The molecule has 0 bridgehead atoms. The minimum absolute atomic E-state index is 0.0992. The van der Waals surface area contributed by atoms with Gasteiger partial charge in [0.05, 0.1) is 11.6 Å². The number of aliphatic hydroxyl groups is 1. The molecule has 0 radical (unpaired) electrons. The van der Waals surface area contributed by atoms with Gasteiger partial charge in [-0.2, -0.15) is 0 Å². The molecule has 34 heavy (non-hydrogen) atoms. The number of rotatable bonds is 5. The van der Waals surface area contributed by atoms with Crippen molar-refractivity contribution in [1.82, 2.24) is 9.88 Å². The number of carbonyl (C=O) groups excluding carboxylic acids is 2. The number of aliphatic hydroxyl groups excluding tert-OH is 1.